The molecule has 0 amide bonds. The van der Waals surface area contributed by atoms with E-state index in [-0.39, 0.29) is 6.61 Å². The van der Waals surface area contributed by atoms with Crippen LogP contribution in [-0.4, -0.2) is 36.0 Å². The summed E-state index contributed by atoms with van der Waals surface area (Å²) in [5, 5.41) is 20.0. The summed E-state index contributed by atoms with van der Waals surface area (Å²) in [7, 11) is 0. The van der Waals surface area contributed by atoms with Crippen molar-refractivity contribution < 1.29 is 10.2 Å². The van der Waals surface area contributed by atoms with Gasteiger partial charge in [0, 0.05) is 19.5 Å². The lowest BCUT2D eigenvalue weighted by Crippen LogP contribution is -2.29. The minimum atomic E-state index is -0.669. The second-order valence-electron chi connectivity index (χ2n) is 1.99. The summed E-state index contributed by atoms with van der Waals surface area (Å²) >= 11 is 0. The molecule has 58 valence electrons. The van der Waals surface area contributed by atoms with Gasteiger partial charge in [-0.3, -0.25) is 0 Å². The van der Waals surface area contributed by atoms with E-state index < -0.39 is 6.10 Å². The molecule has 0 aliphatic heterocycles. The Morgan fingerprint density at radius 1 is 1.60 bits per heavy atom. The first-order chi connectivity index (χ1) is 4.81. The summed E-state index contributed by atoms with van der Waals surface area (Å²) in [5.74, 6) is 2.45. The minimum Gasteiger partial charge on any atom is -0.394 e. The predicted octanol–water partition coefficient (Wildman–Crippen LogP) is -1.05. The fourth-order valence-corrected chi connectivity index (χ4v) is 0.494. The molecule has 0 aliphatic rings. The highest BCUT2D eigenvalue weighted by atomic mass is 16.3. The smallest absolute Gasteiger partial charge is 0.0894 e. The number of hydrogen-bond acceptors (Lipinski definition) is 3. The van der Waals surface area contributed by atoms with Crippen LogP contribution in [0.15, 0.2) is 0 Å². The molecule has 3 N–H and O–H groups in total. The van der Waals surface area contributed by atoms with Crippen LogP contribution in [0.5, 0.6) is 0 Å². The van der Waals surface area contributed by atoms with Gasteiger partial charge in [-0.05, 0) is 0 Å². The average molecular weight is 143 g/mol. The third-order valence-corrected chi connectivity index (χ3v) is 1.04. The molecule has 3 heteroatoms. The van der Waals surface area contributed by atoms with Gasteiger partial charge in [0.25, 0.3) is 0 Å². The fraction of sp³-hybridized carbons (Fsp3) is 0.714. The number of aliphatic hydroxyl groups is 2. The third-order valence-electron chi connectivity index (χ3n) is 1.04. The van der Waals surface area contributed by atoms with Gasteiger partial charge in [0.2, 0.25) is 0 Å². The van der Waals surface area contributed by atoms with Crippen molar-refractivity contribution in [3.05, 3.63) is 0 Å². The van der Waals surface area contributed by atoms with E-state index in [1.807, 2.05) is 0 Å². The molecule has 3 nitrogen and oxygen atoms in total. The van der Waals surface area contributed by atoms with Crippen molar-refractivity contribution in [1.29, 1.82) is 0 Å². The second kappa shape index (κ2) is 6.56. The van der Waals surface area contributed by atoms with Gasteiger partial charge in [-0.15, -0.1) is 12.3 Å². The Balaban J connectivity index is 2.98. The quantitative estimate of drug-likeness (QED) is 0.340. The average Bonchev–Trinajstić information content (AvgIpc) is 1.98. The molecule has 0 radical (unpaired) electrons. The van der Waals surface area contributed by atoms with Gasteiger partial charge in [0.15, 0.2) is 0 Å². The van der Waals surface area contributed by atoms with Gasteiger partial charge < -0.3 is 15.5 Å². The lowest BCUT2D eigenvalue weighted by molar-refractivity contribution is 0.0948. The molecule has 0 aliphatic carbocycles. The summed E-state index contributed by atoms with van der Waals surface area (Å²) in [4.78, 5) is 0. The van der Waals surface area contributed by atoms with Gasteiger partial charge >= 0.3 is 0 Å². The number of nitrogens with one attached hydrogen (secondary N) is 1. The highest BCUT2D eigenvalue weighted by molar-refractivity contribution is 4.84. The first-order valence-corrected chi connectivity index (χ1v) is 3.24. The zero-order valence-corrected chi connectivity index (χ0v) is 5.88. The maximum atomic E-state index is 8.79. The van der Waals surface area contributed by atoms with E-state index >= 15 is 0 Å². The van der Waals surface area contributed by atoms with Crippen molar-refractivity contribution in [2.45, 2.75) is 12.5 Å². The van der Waals surface area contributed by atoms with E-state index in [2.05, 4.69) is 11.2 Å². The maximum Gasteiger partial charge on any atom is 0.0894 e. The molecule has 1 atom stereocenters. The molecule has 0 saturated heterocycles. The summed E-state index contributed by atoms with van der Waals surface area (Å²) in [6.45, 7) is 0.884. The van der Waals surface area contributed by atoms with Crippen LogP contribution in [0.4, 0.5) is 0 Å². The van der Waals surface area contributed by atoms with E-state index in [9.17, 15) is 0 Å². The van der Waals surface area contributed by atoms with Gasteiger partial charge in [0.05, 0.1) is 12.7 Å². The Kier molecular flexibility index (Phi) is 6.19. The molecule has 0 unspecified atom stereocenters. The van der Waals surface area contributed by atoms with Gasteiger partial charge in [-0.2, -0.15) is 0 Å². The van der Waals surface area contributed by atoms with Gasteiger partial charge in [-0.1, -0.05) is 0 Å². The Morgan fingerprint density at radius 3 is 2.80 bits per heavy atom. The lowest BCUT2D eigenvalue weighted by atomic mass is 10.3. The van der Waals surface area contributed by atoms with E-state index in [1.165, 1.54) is 0 Å². The van der Waals surface area contributed by atoms with Crippen LogP contribution in [0.3, 0.4) is 0 Å². The van der Waals surface area contributed by atoms with Gasteiger partial charge in [-0.25, -0.2) is 0 Å². The molecule has 10 heavy (non-hydrogen) atoms. The van der Waals surface area contributed by atoms with Crippen LogP contribution in [0, 0.1) is 12.3 Å². The molecule has 0 aromatic heterocycles. The topological polar surface area (TPSA) is 52.5 Å². The molecule has 0 aromatic carbocycles. The van der Waals surface area contributed by atoms with Crippen molar-refractivity contribution in [3.8, 4) is 12.3 Å². The third kappa shape index (κ3) is 5.57. The molecular formula is C7H13NO2. The van der Waals surface area contributed by atoms with Crippen molar-refractivity contribution in [2.75, 3.05) is 19.7 Å². The van der Waals surface area contributed by atoms with E-state index in [0.29, 0.717) is 19.5 Å². The van der Waals surface area contributed by atoms with Gasteiger partial charge in [0.1, 0.15) is 0 Å². The van der Waals surface area contributed by atoms with E-state index in [0.717, 1.165) is 0 Å². The SMILES string of the molecule is C#CCCNC[C@H](O)CO. The Hall–Kier alpha value is -0.560. The van der Waals surface area contributed by atoms with Crippen molar-refractivity contribution in [2.24, 2.45) is 0 Å². The second-order valence-corrected chi connectivity index (χ2v) is 1.99. The van der Waals surface area contributed by atoms with Crippen LogP contribution in [0.1, 0.15) is 6.42 Å². The zero-order chi connectivity index (χ0) is 7.82. The molecule has 0 bridgehead atoms. The molecule has 0 aromatic rings. The summed E-state index contributed by atoms with van der Waals surface area (Å²) in [6, 6.07) is 0. The summed E-state index contributed by atoms with van der Waals surface area (Å²) < 4.78 is 0. The summed E-state index contributed by atoms with van der Waals surface area (Å²) in [6.07, 6.45) is 4.96. The van der Waals surface area contributed by atoms with Crippen molar-refractivity contribution >= 4 is 0 Å². The highest BCUT2D eigenvalue weighted by Crippen LogP contribution is 1.77. The van der Waals surface area contributed by atoms with Crippen LogP contribution in [0.2, 0.25) is 0 Å². The summed E-state index contributed by atoms with van der Waals surface area (Å²) in [5.41, 5.74) is 0. The van der Waals surface area contributed by atoms with Crippen LogP contribution in [-0.2, 0) is 0 Å². The van der Waals surface area contributed by atoms with Crippen LogP contribution < -0.4 is 5.32 Å². The first-order valence-electron chi connectivity index (χ1n) is 3.24. The zero-order valence-electron chi connectivity index (χ0n) is 5.88. The monoisotopic (exact) mass is 143 g/mol. The first kappa shape index (κ1) is 9.44. The minimum absolute atomic E-state index is 0.205. The molecule has 0 spiro atoms. The van der Waals surface area contributed by atoms with Crippen LogP contribution in [0.25, 0.3) is 0 Å². The van der Waals surface area contributed by atoms with Crippen molar-refractivity contribution in [3.63, 3.8) is 0 Å². The van der Waals surface area contributed by atoms with Crippen LogP contribution >= 0.6 is 0 Å². The molecule has 0 saturated carbocycles. The van der Waals surface area contributed by atoms with E-state index in [4.69, 9.17) is 16.6 Å². The molecule has 0 heterocycles. The predicted molar refractivity (Wildman–Crippen MR) is 39.4 cm³/mol. The highest BCUT2D eigenvalue weighted by Gasteiger charge is 1.98. The number of terminal acetylenes is 1. The Morgan fingerprint density at radius 2 is 2.30 bits per heavy atom. The maximum absolute atomic E-state index is 8.79. The number of rotatable bonds is 5. The Bertz CT molecular complexity index is 109. The standard InChI is InChI=1S/C7H13NO2/c1-2-3-4-8-5-7(10)6-9/h1,7-10H,3-6H2/t7-/m0/s1. The Labute approximate surface area is 61.1 Å². The molecular weight excluding hydrogens is 130 g/mol. The molecule has 0 rings (SSSR count). The number of hydrogen-bond donors (Lipinski definition) is 3. The molecule has 0 fully saturated rings. The van der Waals surface area contributed by atoms with E-state index in [1.54, 1.807) is 0 Å². The number of aliphatic hydroxyl groups excluding tert-OH is 2. The van der Waals surface area contributed by atoms with Crippen molar-refractivity contribution in [1.82, 2.24) is 5.32 Å². The normalized spacial score (nSPS) is 12.5. The largest absolute Gasteiger partial charge is 0.394 e. The lowest BCUT2D eigenvalue weighted by Gasteiger charge is -2.06. The fourth-order valence-electron chi connectivity index (χ4n) is 0.494.